The Morgan fingerprint density at radius 2 is 1.83 bits per heavy atom. The fourth-order valence-electron chi connectivity index (χ4n) is 4.91. The molecule has 0 radical (unpaired) electrons. The maximum atomic E-state index is 12.7. The molecule has 0 atom stereocenters. The zero-order valence-corrected chi connectivity index (χ0v) is 18.4. The number of anilines is 1. The predicted molar refractivity (Wildman–Crippen MR) is 113 cm³/mol. The average molecular weight is 440 g/mol. The van der Waals surface area contributed by atoms with Gasteiger partial charge in [0.15, 0.2) is 0 Å². The number of hydrogen-bond acceptors (Lipinski definition) is 4. The van der Waals surface area contributed by atoms with Gasteiger partial charge in [0.05, 0.1) is 25.3 Å². The quantitative estimate of drug-likeness (QED) is 0.781. The summed E-state index contributed by atoms with van der Waals surface area (Å²) in [5.74, 6) is 0.182. The number of ether oxygens (including phenoxy) is 1. The molecule has 4 rings (SSSR count). The van der Waals surface area contributed by atoms with Crippen molar-refractivity contribution in [3.8, 4) is 0 Å². The number of carbonyl (C=O) groups is 2. The van der Waals surface area contributed by atoms with Crippen LogP contribution in [0.2, 0.25) is 10.0 Å². The van der Waals surface area contributed by atoms with Gasteiger partial charge in [0.1, 0.15) is 0 Å². The highest BCUT2D eigenvalue weighted by molar-refractivity contribution is 6.35. The fourth-order valence-corrected chi connectivity index (χ4v) is 5.44. The van der Waals surface area contributed by atoms with Crippen molar-refractivity contribution in [3.63, 3.8) is 0 Å². The largest absolute Gasteiger partial charge is 0.377 e. The third-order valence-corrected chi connectivity index (χ3v) is 6.72. The number of morpholine rings is 1. The molecule has 2 amide bonds. The fraction of sp³-hybridized carbons (Fsp3) is 0.619. The Hall–Kier alpha value is -1.34. The van der Waals surface area contributed by atoms with Gasteiger partial charge in [-0.1, -0.05) is 23.2 Å². The molecule has 0 unspecified atom stereocenters. The maximum Gasteiger partial charge on any atom is 0.237 e. The van der Waals surface area contributed by atoms with Crippen LogP contribution in [0.15, 0.2) is 18.2 Å². The van der Waals surface area contributed by atoms with Crippen molar-refractivity contribution in [1.29, 1.82) is 0 Å². The van der Waals surface area contributed by atoms with Gasteiger partial charge in [0.25, 0.3) is 0 Å². The summed E-state index contributed by atoms with van der Waals surface area (Å²) in [6.07, 6.45) is 1.72. The minimum Gasteiger partial charge on any atom is -0.377 e. The van der Waals surface area contributed by atoms with Crippen molar-refractivity contribution < 1.29 is 14.3 Å². The Labute approximate surface area is 181 Å². The van der Waals surface area contributed by atoms with Gasteiger partial charge in [-0.2, -0.15) is 0 Å². The zero-order valence-electron chi connectivity index (χ0n) is 16.8. The van der Waals surface area contributed by atoms with E-state index in [2.05, 4.69) is 10.2 Å². The molecule has 2 saturated heterocycles. The van der Waals surface area contributed by atoms with E-state index in [-0.39, 0.29) is 28.7 Å². The lowest BCUT2D eigenvalue weighted by atomic mass is 9.57. The molecule has 1 saturated carbocycles. The summed E-state index contributed by atoms with van der Waals surface area (Å²) in [6, 6.07) is 5.03. The van der Waals surface area contributed by atoms with Crippen molar-refractivity contribution in [2.24, 2.45) is 11.3 Å². The van der Waals surface area contributed by atoms with Crippen molar-refractivity contribution in [3.05, 3.63) is 28.2 Å². The van der Waals surface area contributed by atoms with Gasteiger partial charge in [0.2, 0.25) is 11.8 Å². The van der Waals surface area contributed by atoms with Crippen molar-refractivity contribution >= 4 is 40.7 Å². The lowest BCUT2D eigenvalue weighted by molar-refractivity contribution is -0.157. The number of nitrogens with one attached hydrogen (secondary N) is 1. The normalized spacial score (nSPS) is 23.4. The molecule has 29 heavy (non-hydrogen) atoms. The first kappa shape index (κ1) is 20.9. The van der Waals surface area contributed by atoms with Gasteiger partial charge in [-0.25, -0.2) is 0 Å². The Kier molecular flexibility index (Phi) is 5.57. The van der Waals surface area contributed by atoms with Crippen LogP contribution in [0.1, 0.15) is 26.7 Å². The Bertz CT molecular complexity index is 795. The number of benzene rings is 1. The van der Waals surface area contributed by atoms with Gasteiger partial charge in [0, 0.05) is 41.3 Å². The lowest BCUT2D eigenvalue weighted by Crippen LogP contribution is -2.66. The molecule has 1 aromatic rings. The zero-order chi connectivity index (χ0) is 20.8. The number of amides is 2. The predicted octanol–water partition coefficient (Wildman–Crippen LogP) is 3.28. The van der Waals surface area contributed by atoms with Crippen molar-refractivity contribution in [2.45, 2.75) is 32.2 Å². The number of halogens is 2. The molecule has 3 aliphatic rings. The van der Waals surface area contributed by atoms with E-state index >= 15 is 0 Å². The van der Waals surface area contributed by atoms with Crippen molar-refractivity contribution in [2.75, 3.05) is 44.7 Å². The van der Waals surface area contributed by atoms with Gasteiger partial charge >= 0.3 is 0 Å². The van der Waals surface area contributed by atoms with Crippen LogP contribution >= 0.6 is 23.2 Å². The van der Waals surface area contributed by atoms with Crippen LogP contribution in [0.5, 0.6) is 0 Å². The van der Waals surface area contributed by atoms with Gasteiger partial charge in [-0.15, -0.1) is 0 Å². The number of nitrogens with zero attached hydrogens (tertiary/aromatic N) is 2. The smallest absolute Gasteiger partial charge is 0.237 e. The third kappa shape index (κ3) is 4.41. The van der Waals surface area contributed by atoms with Gasteiger partial charge in [-0.05, 0) is 50.3 Å². The molecule has 1 spiro atoms. The summed E-state index contributed by atoms with van der Waals surface area (Å²) >= 11 is 12.0. The van der Waals surface area contributed by atoms with E-state index in [4.69, 9.17) is 27.9 Å². The first-order valence-electron chi connectivity index (χ1n) is 10.0. The molecule has 6 nitrogen and oxygen atoms in total. The SMILES string of the molecule is CC1(C)COCCN1C(=O)CN1CC2(CC(C(=O)Nc3cc(Cl)cc(Cl)c3)C2)C1. The van der Waals surface area contributed by atoms with Crippen LogP contribution in [-0.2, 0) is 14.3 Å². The molecular weight excluding hydrogens is 413 g/mol. The third-order valence-electron chi connectivity index (χ3n) is 6.28. The standard InChI is InChI=1S/C21H27Cl2N3O3/c1-20(2)13-29-4-3-26(20)18(27)10-25-11-21(12-25)8-14(9-21)19(28)24-17-6-15(22)5-16(23)7-17/h5-7,14H,3-4,8-13H2,1-2H3,(H,24,28). The van der Waals surface area contributed by atoms with Gasteiger partial charge in [-0.3, -0.25) is 14.5 Å². The minimum absolute atomic E-state index is 0.00350. The first-order chi connectivity index (χ1) is 13.7. The highest BCUT2D eigenvalue weighted by atomic mass is 35.5. The van der Waals surface area contributed by atoms with Crippen LogP contribution in [0.25, 0.3) is 0 Å². The molecule has 0 aromatic heterocycles. The van der Waals surface area contributed by atoms with E-state index in [1.165, 1.54) is 0 Å². The molecule has 1 aliphatic carbocycles. The molecule has 1 aromatic carbocycles. The first-order valence-corrected chi connectivity index (χ1v) is 10.8. The monoisotopic (exact) mass is 439 g/mol. The van der Waals surface area contributed by atoms with Crippen LogP contribution in [0.4, 0.5) is 5.69 Å². The lowest BCUT2D eigenvalue weighted by Gasteiger charge is -2.59. The van der Waals surface area contributed by atoms with Crippen LogP contribution in [-0.4, -0.2) is 66.5 Å². The summed E-state index contributed by atoms with van der Waals surface area (Å²) in [6.45, 7) is 8.15. The molecule has 2 aliphatic heterocycles. The van der Waals surface area contributed by atoms with E-state index in [1.54, 1.807) is 18.2 Å². The summed E-state index contributed by atoms with van der Waals surface area (Å²) < 4.78 is 5.50. The number of hydrogen-bond donors (Lipinski definition) is 1. The van der Waals surface area contributed by atoms with Crippen molar-refractivity contribution in [1.82, 2.24) is 9.80 Å². The average Bonchev–Trinajstić information content (AvgIpc) is 2.53. The molecule has 2 heterocycles. The topological polar surface area (TPSA) is 61.9 Å². The Morgan fingerprint density at radius 3 is 2.45 bits per heavy atom. The molecule has 1 N–H and O–H groups in total. The summed E-state index contributed by atoms with van der Waals surface area (Å²) in [5.41, 5.74) is 0.567. The molecule has 0 bridgehead atoms. The van der Waals surface area contributed by atoms with Crippen LogP contribution in [0.3, 0.4) is 0 Å². The molecule has 158 valence electrons. The highest BCUT2D eigenvalue weighted by Crippen LogP contribution is 2.52. The van der Waals surface area contributed by atoms with Gasteiger partial charge < -0.3 is 15.0 Å². The van der Waals surface area contributed by atoms with E-state index in [0.29, 0.717) is 42.0 Å². The summed E-state index contributed by atoms with van der Waals surface area (Å²) in [7, 11) is 0. The Balaban J connectivity index is 1.23. The highest BCUT2D eigenvalue weighted by Gasteiger charge is 2.54. The second-order valence-electron chi connectivity index (χ2n) is 9.31. The van der Waals surface area contributed by atoms with E-state index in [0.717, 1.165) is 25.9 Å². The Morgan fingerprint density at radius 1 is 1.17 bits per heavy atom. The summed E-state index contributed by atoms with van der Waals surface area (Å²) in [5, 5.41) is 3.91. The van der Waals surface area contributed by atoms with E-state index in [1.807, 2.05) is 18.7 Å². The minimum atomic E-state index is -0.249. The second-order valence-corrected chi connectivity index (χ2v) is 10.2. The van der Waals surface area contributed by atoms with Crippen LogP contribution in [0, 0.1) is 11.3 Å². The number of carbonyl (C=O) groups excluding carboxylic acids is 2. The number of likely N-dealkylation sites (tertiary alicyclic amines) is 1. The molecular formula is C21H27Cl2N3O3. The number of rotatable bonds is 4. The molecule has 8 heteroatoms. The molecule has 3 fully saturated rings. The van der Waals surface area contributed by atoms with E-state index in [9.17, 15) is 9.59 Å². The maximum absolute atomic E-state index is 12.7. The second kappa shape index (κ2) is 7.73. The van der Waals surface area contributed by atoms with E-state index < -0.39 is 0 Å². The summed E-state index contributed by atoms with van der Waals surface area (Å²) in [4.78, 5) is 29.3. The van der Waals surface area contributed by atoms with Crippen LogP contribution < -0.4 is 5.32 Å².